The Morgan fingerprint density at radius 1 is 1.13 bits per heavy atom. The van der Waals surface area contributed by atoms with Gasteiger partial charge >= 0.3 is 0 Å². The number of hydrogen-bond acceptors (Lipinski definition) is 1. The fraction of sp³-hybridized carbons (Fsp3) is 1.00. The van der Waals surface area contributed by atoms with Gasteiger partial charge < -0.3 is 4.74 Å². The minimum atomic E-state index is 0.392. The molecule has 0 radical (unpaired) electrons. The molecule has 15 heavy (non-hydrogen) atoms. The molecule has 0 N–H and O–H groups in total. The van der Waals surface area contributed by atoms with Crippen LogP contribution in [0.5, 0.6) is 0 Å². The Balaban J connectivity index is 2.38. The molecule has 1 aliphatic rings. The van der Waals surface area contributed by atoms with Crippen molar-refractivity contribution in [2.75, 3.05) is 11.9 Å². The maximum absolute atomic E-state index is 6.01. The van der Waals surface area contributed by atoms with E-state index < -0.39 is 0 Å². The van der Waals surface area contributed by atoms with Crippen LogP contribution in [-0.4, -0.2) is 18.0 Å². The number of halogens is 1. The maximum Gasteiger partial charge on any atom is 0.0570 e. The number of alkyl halides is 1. The van der Waals surface area contributed by atoms with Gasteiger partial charge in [0.05, 0.1) is 12.7 Å². The molecular weight excluding hydrogens is 252 g/mol. The first kappa shape index (κ1) is 13.5. The monoisotopic (exact) mass is 276 g/mol. The molecule has 0 amide bonds. The van der Waals surface area contributed by atoms with Crippen molar-refractivity contribution < 1.29 is 4.74 Å². The van der Waals surface area contributed by atoms with Gasteiger partial charge in [0.1, 0.15) is 0 Å². The Morgan fingerprint density at radius 2 is 1.73 bits per heavy atom. The smallest absolute Gasteiger partial charge is 0.0570 e. The third-order valence-corrected chi connectivity index (χ3v) is 4.98. The summed E-state index contributed by atoms with van der Waals surface area (Å²) in [6.07, 6.45) is 7.24. The summed E-state index contributed by atoms with van der Waals surface area (Å²) in [5.74, 6) is 0.626. The molecule has 0 aliphatic heterocycles. The van der Waals surface area contributed by atoms with Crippen molar-refractivity contribution in [3.63, 3.8) is 0 Å². The van der Waals surface area contributed by atoms with Gasteiger partial charge in [-0.1, -0.05) is 49.0 Å². The Morgan fingerprint density at radius 3 is 2.20 bits per heavy atom. The second-order valence-electron chi connectivity index (χ2n) is 5.45. The first-order chi connectivity index (χ1) is 7.09. The summed E-state index contributed by atoms with van der Waals surface area (Å²) >= 11 is 3.68. The van der Waals surface area contributed by atoms with Crippen LogP contribution in [-0.2, 0) is 4.74 Å². The molecule has 0 heterocycles. The molecule has 90 valence electrons. The van der Waals surface area contributed by atoms with Crippen molar-refractivity contribution in [2.45, 2.75) is 59.0 Å². The predicted octanol–water partition coefficient (Wildman–Crippen LogP) is 4.39. The maximum atomic E-state index is 6.01. The lowest BCUT2D eigenvalue weighted by atomic mass is 9.76. The third-order valence-electron chi connectivity index (χ3n) is 3.79. The summed E-state index contributed by atoms with van der Waals surface area (Å²) in [5.41, 5.74) is 0.432. The molecule has 1 fully saturated rings. The molecule has 1 rings (SSSR count). The van der Waals surface area contributed by atoms with Gasteiger partial charge in [-0.15, -0.1) is 0 Å². The third kappa shape index (κ3) is 4.07. The van der Waals surface area contributed by atoms with E-state index in [0.29, 0.717) is 17.4 Å². The minimum absolute atomic E-state index is 0.392. The second-order valence-corrected chi connectivity index (χ2v) is 6.02. The lowest BCUT2D eigenvalue weighted by Crippen LogP contribution is -2.33. The molecule has 0 bridgehead atoms. The van der Waals surface area contributed by atoms with Crippen LogP contribution in [0.1, 0.15) is 52.9 Å². The zero-order chi connectivity index (χ0) is 11.3. The fourth-order valence-corrected chi connectivity index (χ4v) is 2.84. The normalized spacial score (nSPS) is 23.0. The van der Waals surface area contributed by atoms with Crippen LogP contribution in [0.2, 0.25) is 0 Å². The molecule has 1 unspecified atom stereocenters. The number of rotatable bonds is 5. The van der Waals surface area contributed by atoms with E-state index in [2.05, 4.69) is 36.7 Å². The fourth-order valence-electron chi connectivity index (χ4n) is 2.12. The van der Waals surface area contributed by atoms with Crippen molar-refractivity contribution in [1.29, 1.82) is 0 Å². The largest absolute Gasteiger partial charge is 0.378 e. The zero-order valence-electron chi connectivity index (χ0n) is 10.4. The second kappa shape index (κ2) is 6.24. The van der Waals surface area contributed by atoms with Crippen LogP contribution in [0.3, 0.4) is 0 Å². The van der Waals surface area contributed by atoms with E-state index in [4.69, 9.17) is 4.74 Å². The van der Waals surface area contributed by atoms with Crippen LogP contribution in [0.4, 0.5) is 0 Å². The lowest BCUT2D eigenvalue weighted by molar-refractivity contribution is -0.0255. The van der Waals surface area contributed by atoms with Gasteiger partial charge in [-0.25, -0.2) is 0 Å². The highest BCUT2D eigenvalue weighted by molar-refractivity contribution is 9.09. The summed E-state index contributed by atoms with van der Waals surface area (Å²) in [6.45, 7) is 7.59. The van der Waals surface area contributed by atoms with E-state index in [1.54, 1.807) is 0 Å². The van der Waals surface area contributed by atoms with E-state index in [0.717, 1.165) is 11.9 Å². The molecule has 1 nitrogen and oxygen atoms in total. The van der Waals surface area contributed by atoms with Gasteiger partial charge in [-0.3, -0.25) is 0 Å². The van der Waals surface area contributed by atoms with Crippen LogP contribution >= 0.6 is 15.9 Å². The van der Waals surface area contributed by atoms with Gasteiger partial charge in [0.15, 0.2) is 0 Å². The van der Waals surface area contributed by atoms with Gasteiger partial charge in [-0.2, -0.15) is 0 Å². The summed E-state index contributed by atoms with van der Waals surface area (Å²) in [6, 6.07) is 0. The summed E-state index contributed by atoms with van der Waals surface area (Å²) in [7, 11) is 0. The Hall–Kier alpha value is 0.440. The van der Waals surface area contributed by atoms with E-state index in [9.17, 15) is 0 Å². The highest BCUT2D eigenvalue weighted by Gasteiger charge is 2.31. The topological polar surface area (TPSA) is 9.23 Å². The standard InChI is InChI=1S/C13H25BrO/c1-11(2)12(3)15-10-13(9-14)7-5-4-6-8-13/h11-12H,4-10H2,1-3H3. The van der Waals surface area contributed by atoms with Gasteiger partial charge in [0, 0.05) is 10.7 Å². The minimum Gasteiger partial charge on any atom is -0.378 e. The molecule has 0 aromatic carbocycles. The SMILES string of the molecule is CC(C)C(C)OCC1(CBr)CCCCC1. The number of hydrogen-bond donors (Lipinski definition) is 0. The summed E-state index contributed by atoms with van der Waals surface area (Å²) < 4.78 is 6.01. The molecule has 2 heteroatoms. The molecule has 0 saturated heterocycles. The average Bonchev–Trinajstić information content (AvgIpc) is 2.27. The quantitative estimate of drug-likeness (QED) is 0.677. The van der Waals surface area contributed by atoms with E-state index in [1.165, 1.54) is 32.1 Å². The van der Waals surface area contributed by atoms with Crippen molar-refractivity contribution in [3.05, 3.63) is 0 Å². The van der Waals surface area contributed by atoms with Crippen molar-refractivity contribution in [1.82, 2.24) is 0 Å². The molecule has 1 aliphatic carbocycles. The van der Waals surface area contributed by atoms with Gasteiger partial charge in [0.25, 0.3) is 0 Å². The molecule has 1 atom stereocenters. The molecule has 0 spiro atoms. The van der Waals surface area contributed by atoms with Crippen molar-refractivity contribution in [3.8, 4) is 0 Å². The average molecular weight is 277 g/mol. The molecule has 1 saturated carbocycles. The van der Waals surface area contributed by atoms with Crippen LogP contribution in [0.25, 0.3) is 0 Å². The summed E-state index contributed by atoms with van der Waals surface area (Å²) in [5, 5.41) is 1.10. The van der Waals surface area contributed by atoms with E-state index in [-0.39, 0.29) is 0 Å². The molecule has 0 aromatic rings. The zero-order valence-corrected chi connectivity index (χ0v) is 12.0. The van der Waals surface area contributed by atoms with E-state index >= 15 is 0 Å². The van der Waals surface area contributed by atoms with Crippen LogP contribution in [0, 0.1) is 11.3 Å². The van der Waals surface area contributed by atoms with Gasteiger partial charge in [0.2, 0.25) is 0 Å². The van der Waals surface area contributed by atoms with Crippen LogP contribution in [0.15, 0.2) is 0 Å². The Bertz CT molecular complexity index is 173. The summed E-state index contributed by atoms with van der Waals surface area (Å²) in [4.78, 5) is 0. The Labute approximate surface area is 103 Å². The van der Waals surface area contributed by atoms with Gasteiger partial charge in [-0.05, 0) is 25.7 Å². The number of ether oxygens (including phenoxy) is 1. The van der Waals surface area contributed by atoms with E-state index in [1.807, 2.05) is 0 Å². The van der Waals surface area contributed by atoms with Crippen molar-refractivity contribution in [2.24, 2.45) is 11.3 Å². The van der Waals surface area contributed by atoms with Crippen molar-refractivity contribution >= 4 is 15.9 Å². The Kier molecular flexibility index (Phi) is 5.62. The first-order valence-corrected chi connectivity index (χ1v) is 7.39. The van der Waals surface area contributed by atoms with Crippen LogP contribution < -0.4 is 0 Å². The molecular formula is C13H25BrO. The molecule has 0 aromatic heterocycles. The lowest BCUT2D eigenvalue weighted by Gasteiger charge is -2.36. The predicted molar refractivity (Wildman–Crippen MR) is 69.6 cm³/mol. The highest BCUT2D eigenvalue weighted by Crippen LogP contribution is 2.38. The highest BCUT2D eigenvalue weighted by atomic mass is 79.9. The first-order valence-electron chi connectivity index (χ1n) is 6.27.